The molecule has 0 spiro atoms. The zero-order valence-corrected chi connectivity index (χ0v) is 13.4. The van der Waals surface area contributed by atoms with Crippen LogP contribution in [0.4, 0.5) is 10.5 Å². The van der Waals surface area contributed by atoms with Gasteiger partial charge in [0.1, 0.15) is 17.0 Å². The van der Waals surface area contributed by atoms with Gasteiger partial charge in [-0.05, 0) is 39.8 Å². The van der Waals surface area contributed by atoms with Gasteiger partial charge in [-0.2, -0.15) is 0 Å². The van der Waals surface area contributed by atoms with Crippen LogP contribution in [0.5, 0.6) is 0 Å². The molecule has 1 amide bonds. The van der Waals surface area contributed by atoms with E-state index in [0.29, 0.717) is 0 Å². The third-order valence-corrected chi connectivity index (χ3v) is 3.11. The minimum Gasteiger partial charge on any atom is -0.465 e. The van der Waals surface area contributed by atoms with Gasteiger partial charge >= 0.3 is 6.09 Å². The van der Waals surface area contributed by atoms with Gasteiger partial charge in [0, 0.05) is 12.6 Å². The number of ketones is 1. The number of amides is 1. The highest BCUT2D eigenvalue weighted by atomic mass is 35.5. The number of carbonyl (C=O) groups excluding carboxylic acids is 1. The quantitative estimate of drug-likeness (QED) is 0.681. The van der Waals surface area contributed by atoms with Crippen molar-refractivity contribution in [3.05, 3.63) is 23.0 Å². The molecular weight excluding hydrogens is 296 g/mol. The minimum atomic E-state index is -1.18. The summed E-state index contributed by atoms with van der Waals surface area (Å²) in [6, 6.07) is 2.93. The summed E-state index contributed by atoms with van der Waals surface area (Å²) in [6.45, 7) is 6.74. The van der Waals surface area contributed by atoms with Gasteiger partial charge in [0.25, 0.3) is 0 Å². The fourth-order valence-electron chi connectivity index (χ4n) is 1.84. The summed E-state index contributed by atoms with van der Waals surface area (Å²) in [7, 11) is 1.39. The number of ether oxygens (including phenoxy) is 1. The van der Waals surface area contributed by atoms with Gasteiger partial charge in [0.2, 0.25) is 5.78 Å². The molecule has 21 heavy (non-hydrogen) atoms. The first-order valence-electron chi connectivity index (χ1n) is 6.36. The molecule has 1 aromatic rings. The van der Waals surface area contributed by atoms with E-state index in [1.165, 1.54) is 19.2 Å². The fraction of sp³-hybridized carbons (Fsp3) is 0.500. The lowest BCUT2D eigenvalue weighted by Gasteiger charge is -2.34. The van der Waals surface area contributed by atoms with Crippen LogP contribution in [0, 0.1) is 0 Å². The normalized spacial score (nSPS) is 12.9. The molecule has 1 atom stereocenters. The van der Waals surface area contributed by atoms with Crippen molar-refractivity contribution in [3.8, 4) is 0 Å². The Hall–Kier alpha value is -1.66. The van der Waals surface area contributed by atoms with Gasteiger partial charge < -0.3 is 9.84 Å². The predicted molar refractivity (Wildman–Crippen MR) is 80.3 cm³/mol. The topological polar surface area (TPSA) is 79.7 Å². The molecule has 6 nitrogen and oxygen atoms in total. The molecule has 116 valence electrons. The van der Waals surface area contributed by atoms with Crippen LogP contribution in [0.15, 0.2) is 12.1 Å². The Kier molecular flexibility index (Phi) is 5.31. The zero-order valence-electron chi connectivity index (χ0n) is 12.7. The lowest BCUT2D eigenvalue weighted by atomic mass is 10.0. The van der Waals surface area contributed by atoms with Crippen LogP contribution in [0.2, 0.25) is 5.15 Å². The summed E-state index contributed by atoms with van der Waals surface area (Å²) in [5.74, 6) is -0.425. The molecule has 7 heteroatoms. The third-order valence-electron chi connectivity index (χ3n) is 2.90. The molecule has 0 fully saturated rings. The highest BCUT2D eigenvalue weighted by Gasteiger charge is 2.33. The number of nitrogens with zero attached hydrogens (tertiary/aromatic N) is 2. The van der Waals surface area contributed by atoms with E-state index in [0.717, 1.165) is 4.90 Å². The van der Waals surface area contributed by atoms with Crippen molar-refractivity contribution in [1.82, 2.24) is 4.98 Å². The van der Waals surface area contributed by atoms with Gasteiger partial charge in [-0.1, -0.05) is 11.6 Å². The van der Waals surface area contributed by atoms with E-state index in [2.05, 4.69) is 4.98 Å². The summed E-state index contributed by atoms with van der Waals surface area (Å²) in [5.41, 5.74) is -0.574. The molecule has 0 saturated carbocycles. The number of aromatic nitrogens is 1. The lowest BCUT2D eigenvalue weighted by molar-refractivity contribution is 0.0651. The number of halogens is 1. The smallest absolute Gasteiger partial charge is 0.412 e. The van der Waals surface area contributed by atoms with Crippen LogP contribution in [0.3, 0.4) is 0 Å². The molecule has 0 aliphatic carbocycles. The van der Waals surface area contributed by atoms with Crippen LogP contribution < -0.4 is 4.90 Å². The lowest BCUT2D eigenvalue weighted by Crippen LogP contribution is -2.46. The molecule has 1 heterocycles. The minimum absolute atomic E-state index is 0.0193. The molecule has 0 aliphatic rings. The van der Waals surface area contributed by atoms with E-state index in [-0.39, 0.29) is 16.5 Å². The van der Waals surface area contributed by atoms with Gasteiger partial charge in [0.15, 0.2) is 0 Å². The summed E-state index contributed by atoms with van der Waals surface area (Å²) in [4.78, 5) is 29.0. The number of hydrogen-bond acceptors (Lipinski definition) is 4. The second-order valence-electron chi connectivity index (χ2n) is 5.53. The van der Waals surface area contributed by atoms with Crippen LogP contribution in [0.1, 0.15) is 38.2 Å². The Bertz CT molecular complexity index is 554. The van der Waals surface area contributed by atoms with Crippen molar-refractivity contribution >= 4 is 29.2 Å². The summed E-state index contributed by atoms with van der Waals surface area (Å²) in [5, 5.41) is 9.57. The van der Waals surface area contributed by atoms with Gasteiger partial charge in [-0.15, -0.1) is 0 Å². The molecule has 0 bridgehead atoms. The van der Waals surface area contributed by atoms with E-state index in [4.69, 9.17) is 16.3 Å². The average Bonchev–Trinajstić information content (AvgIpc) is 2.36. The van der Waals surface area contributed by atoms with Crippen molar-refractivity contribution in [3.63, 3.8) is 0 Å². The Labute approximate surface area is 128 Å². The zero-order chi connectivity index (χ0) is 16.4. The molecule has 0 saturated heterocycles. The monoisotopic (exact) mass is 314 g/mol. The first kappa shape index (κ1) is 17.4. The standard InChI is InChI=1S/C14H19ClN2O4/c1-8(21-5)12(18)11-9(6-7-10(15)16-11)17(13(19)20)14(2,3)4/h6-8H,1-5H3,(H,19,20). The highest BCUT2D eigenvalue weighted by molar-refractivity contribution is 6.29. The van der Waals surface area contributed by atoms with Crippen LogP contribution in [0.25, 0.3) is 0 Å². The summed E-state index contributed by atoms with van der Waals surface area (Å²) >= 11 is 5.84. The van der Waals surface area contributed by atoms with Crippen molar-refractivity contribution in [2.24, 2.45) is 0 Å². The Morgan fingerprint density at radius 2 is 1.95 bits per heavy atom. The Balaban J connectivity index is 3.48. The molecule has 1 unspecified atom stereocenters. The molecule has 1 N–H and O–H groups in total. The largest absolute Gasteiger partial charge is 0.465 e. The third kappa shape index (κ3) is 3.92. The number of carboxylic acid groups (broad SMARTS) is 1. The van der Waals surface area contributed by atoms with E-state index in [1.807, 2.05) is 0 Å². The molecule has 1 rings (SSSR count). The number of anilines is 1. The van der Waals surface area contributed by atoms with E-state index in [1.54, 1.807) is 27.7 Å². The highest BCUT2D eigenvalue weighted by Crippen LogP contribution is 2.29. The molecular formula is C14H19ClN2O4. The SMILES string of the molecule is COC(C)C(=O)c1nc(Cl)ccc1N(C(=O)O)C(C)(C)C. The Morgan fingerprint density at radius 3 is 2.38 bits per heavy atom. The average molecular weight is 315 g/mol. The van der Waals surface area contributed by atoms with Crippen molar-refractivity contribution < 1.29 is 19.4 Å². The number of hydrogen-bond donors (Lipinski definition) is 1. The number of rotatable bonds is 4. The van der Waals surface area contributed by atoms with Gasteiger partial charge in [0.05, 0.1) is 5.69 Å². The van der Waals surface area contributed by atoms with Crippen LogP contribution >= 0.6 is 11.6 Å². The second kappa shape index (κ2) is 6.41. The number of methoxy groups -OCH3 is 1. The van der Waals surface area contributed by atoms with Crippen molar-refractivity contribution in [1.29, 1.82) is 0 Å². The number of pyridine rings is 1. The Morgan fingerprint density at radius 1 is 1.38 bits per heavy atom. The molecule has 0 radical (unpaired) electrons. The fourth-order valence-corrected chi connectivity index (χ4v) is 1.99. The van der Waals surface area contributed by atoms with E-state index < -0.39 is 23.5 Å². The van der Waals surface area contributed by atoms with E-state index in [9.17, 15) is 14.7 Å². The van der Waals surface area contributed by atoms with Gasteiger partial charge in [-0.3, -0.25) is 9.69 Å². The van der Waals surface area contributed by atoms with Gasteiger partial charge in [-0.25, -0.2) is 9.78 Å². The molecule has 0 aromatic carbocycles. The van der Waals surface area contributed by atoms with Crippen molar-refractivity contribution in [2.45, 2.75) is 39.3 Å². The number of carbonyl (C=O) groups is 2. The summed E-state index contributed by atoms with van der Waals surface area (Å²) < 4.78 is 4.99. The first-order chi connectivity index (χ1) is 9.59. The van der Waals surface area contributed by atoms with E-state index >= 15 is 0 Å². The van der Waals surface area contributed by atoms with Crippen LogP contribution in [-0.4, -0.2) is 40.7 Å². The van der Waals surface area contributed by atoms with Crippen LogP contribution in [-0.2, 0) is 4.74 Å². The first-order valence-corrected chi connectivity index (χ1v) is 6.74. The predicted octanol–water partition coefficient (Wildman–Crippen LogP) is 3.24. The molecule has 1 aromatic heterocycles. The number of Topliss-reactive ketones (excluding diaryl/α,β-unsaturated/α-hetero) is 1. The summed E-state index contributed by atoms with van der Waals surface area (Å²) in [6.07, 6.45) is -1.92. The second-order valence-corrected chi connectivity index (χ2v) is 5.92. The molecule has 0 aliphatic heterocycles. The maximum Gasteiger partial charge on any atom is 0.412 e. The maximum absolute atomic E-state index is 12.3. The van der Waals surface area contributed by atoms with Crippen molar-refractivity contribution in [2.75, 3.05) is 12.0 Å². The maximum atomic E-state index is 12.3.